The van der Waals surface area contributed by atoms with Crippen molar-refractivity contribution in [3.8, 4) is 5.69 Å². The minimum Gasteiger partial charge on any atom is -0.332 e. The van der Waals surface area contributed by atoms with Crippen molar-refractivity contribution in [3.05, 3.63) is 66.2 Å². The molecule has 132 valence electrons. The highest BCUT2D eigenvalue weighted by Gasteiger charge is 2.16. The number of hydrogen-bond donors (Lipinski definition) is 1. The Balaban J connectivity index is 1.66. The molecule has 0 bridgehead atoms. The van der Waals surface area contributed by atoms with E-state index in [4.69, 9.17) is 0 Å². The predicted molar refractivity (Wildman–Crippen MR) is 91.1 cm³/mol. The molecule has 0 aliphatic carbocycles. The molecule has 0 saturated carbocycles. The number of likely N-dealkylation sites (N-methyl/N-ethyl adjacent to an activating group) is 1. The van der Waals surface area contributed by atoms with E-state index in [0.29, 0.717) is 16.9 Å². The van der Waals surface area contributed by atoms with Gasteiger partial charge in [0.05, 0.1) is 12.2 Å². The number of aromatic nitrogens is 4. The van der Waals surface area contributed by atoms with Crippen LogP contribution < -0.4 is 5.32 Å². The van der Waals surface area contributed by atoms with Crippen molar-refractivity contribution in [2.75, 3.05) is 18.9 Å². The number of carbonyl (C=O) groups excluding carboxylic acids is 2. The summed E-state index contributed by atoms with van der Waals surface area (Å²) < 4.78 is 14.6. The van der Waals surface area contributed by atoms with Crippen LogP contribution in [0.3, 0.4) is 0 Å². The van der Waals surface area contributed by atoms with E-state index < -0.39 is 11.7 Å². The topological polar surface area (TPSA) is 93.0 Å². The molecule has 0 saturated heterocycles. The second-order valence-electron chi connectivity index (χ2n) is 5.52. The van der Waals surface area contributed by atoms with E-state index in [9.17, 15) is 14.0 Å². The largest absolute Gasteiger partial charge is 0.332 e. The Kier molecular flexibility index (Phi) is 4.97. The number of carbonyl (C=O) groups is 2. The first-order valence-corrected chi connectivity index (χ1v) is 7.67. The Morgan fingerprint density at radius 1 is 1.19 bits per heavy atom. The smallest absolute Gasteiger partial charge is 0.254 e. The molecule has 1 N–H and O–H groups in total. The molecule has 3 aromatic rings. The molecule has 3 rings (SSSR count). The normalized spacial score (nSPS) is 10.4. The average molecular weight is 354 g/mol. The van der Waals surface area contributed by atoms with E-state index in [2.05, 4.69) is 20.8 Å². The lowest BCUT2D eigenvalue weighted by molar-refractivity contribution is -0.116. The summed E-state index contributed by atoms with van der Waals surface area (Å²) in [5.74, 6) is -1.22. The molecule has 0 fully saturated rings. The van der Waals surface area contributed by atoms with Crippen LogP contribution in [0.1, 0.15) is 10.4 Å². The van der Waals surface area contributed by atoms with Gasteiger partial charge in [0.2, 0.25) is 5.91 Å². The zero-order chi connectivity index (χ0) is 18.5. The number of benzene rings is 2. The molecule has 2 aromatic carbocycles. The summed E-state index contributed by atoms with van der Waals surface area (Å²) in [6.07, 6.45) is 1.42. The Morgan fingerprint density at radius 3 is 2.73 bits per heavy atom. The standard InChI is InChI=1S/C17H15FN6O2/c1-23(10-16(25)20-14-6-3-5-13(18)9-14)17(26)12-4-2-7-15(8-12)24-11-19-21-22-24/h2-9,11H,10H2,1H3,(H,20,25). The predicted octanol–water partition coefficient (Wildman–Crippen LogP) is 1.51. The molecular weight excluding hydrogens is 339 g/mol. The van der Waals surface area contributed by atoms with Gasteiger partial charge in [0.25, 0.3) is 5.91 Å². The molecule has 0 radical (unpaired) electrons. The lowest BCUT2D eigenvalue weighted by Crippen LogP contribution is -2.35. The van der Waals surface area contributed by atoms with E-state index in [-0.39, 0.29) is 12.5 Å². The van der Waals surface area contributed by atoms with Crippen LogP contribution >= 0.6 is 0 Å². The molecule has 0 aliphatic heterocycles. The second-order valence-corrected chi connectivity index (χ2v) is 5.52. The van der Waals surface area contributed by atoms with Gasteiger partial charge in [0.15, 0.2) is 0 Å². The quantitative estimate of drug-likeness (QED) is 0.750. The Labute approximate surface area is 148 Å². The molecule has 0 spiro atoms. The highest BCUT2D eigenvalue weighted by molar-refractivity contribution is 5.99. The minimum atomic E-state index is -0.452. The number of anilines is 1. The lowest BCUT2D eigenvalue weighted by Gasteiger charge is -2.17. The van der Waals surface area contributed by atoms with Crippen molar-refractivity contribution in [1.82, 2.24) is 25.1 Å². The number of tetrazole rings is 1. The highest BCUT2D eigenvalue weighted by atomic mass is 19.1. The van der Waals surface area contributed by atoms with Crippen molar-refractivity contribution in [3.63, 3.8) is 0 Å². The first kappa shape index (κ1) is 17.2. The van der Waals surface area contributed by atoms with Crippen LogP contribution in [0, 0.1) is 5.82 Å². The van der Waals surface area contributed by atoms with Gasteiger partial charge in [-0.15, -0.1) is 5.10 Å². The molecule has 8 nitrogen and oxygen atoms in total. The van der Waals surface area contributed by atoms with Gasteiger partial charge in [-0.2, -0.15) is 0 Å². The summed E-state index contributed by atoms with van der Waals surface area (Å²) >= 11 is 0. The lowest BCUT2D eigenvalue weighted by atomic mass is 10.2. The Morgan fingerprint density at radius 2 is 2.00 bits per heavy atom. The summed E-state index contributed by atoms with van der Waals surface area (Å²) in [6, 6.07) is 12.3. The molecule has 0 unspecified atom stereocenters. The van der Waals surface area contributed by atoms with Crippen molar-refractivity contribution < 1.29 is 14.0 Å². The van der Waals surface area contributed by atoms with Crippen LogP contribution in [-0.4, -0.2) is 50.5 Å². The number of amides is 2. The molecule has 1 heterocycles. The molecular formula is C17H15FN6O2. The van der Waals surface area contributed by atoms with Gasteiger partial charge >= 0.3 is 0 Å². The van der Waals surface area contributed by atoms with Crippen LogP contribution in [0.2, 0.25) is 0 Å². The summed E-state index contributed by atoms with van der Waals surface area (Å²) in [6.45, 7) is -0.176. The number of halogens is 1. The zero-order valence-corrected chi connectivity index (χ0v) is 13.8. The first-order valence-electron chi connectivity index (χ1n) is 7.67. The number of nitrogens with zero attached hydrogens (tertiary/aromatic N) is 5. The van der Waals surface area contributed by atoms with Gasteiger partial charge in [-0.3, -0.25) is 9.59 Å². The fourth-order valence-corrected chi connectivity index (χ4v) is 2.34. The van der Waals surface area contributed by atoms with Crippen LogP contribution in [0.4, 0.5) is 10.1 Å². The third-order valence-electron chi connectivity index (χ3n) is 3.54. The number of rotatable bonds is 5. The number of nitrogens with one attached hydrogen (secondary N) is 1. The molecule has 0 aliphatic rings. The summed E-state index contributed by atoms with van der Waals surface area (Å²) in [4.78, 5) is 25.9. The van der Waals surface area contributed by atoms with Crippen LogP contribution in [0.15, 0.2) is 54.9 Å². The van der Waals surface area contributed by atoms with Gasteiger partial charge < -0.3 is 10.2 Å². The van der Waals surface area contributed by atoms with Crippen LogP contribution in [0.25, 0.3) is 5.69 Å². The fraction of sp³-hybridized carbons (Fsp3) is 0.118. The Hall–Kier alpha value is -3.62. The van der Waals surface area contributed by atoms with E-state index in [1.54, 1.807) is 30.3 Å². The highest BCUT2D eigenvalue weighted by Crippen LogP contribution is 2.12. The summed E-state index contributed by atoms with van der Waals surface area (Å²) in [7, 11) is 1.51. The second kappa shape index (κ2) is 7.51. The monoisotopic (exact) mass is 354 g/mol. The SMILES string of the molecule is CN(CC(=O)Nc1cccc(F)c1)C(=O)c1cccc(-n2cnnn2)c1. The van der Waals surface area contributed by atoms with Crippen molar-refractivity contribution >= 4 is 17.5 Å². The number of hydrogen-bond acceptors (Lipinski definition) is 5. The Bertz CT molecular complexity index is 929. The van der Waals surface area contributed by atoms with Crippen molar-refractivity contribution in [1.29, 1.82) is 0 Å². The van der Waals surface area contributed by atoms with Crippen LogP contribution in [0.5, 0.6) is 0 Å². The zero-order valence-electron chi connectivity index (χ0n) is 13.8. The maximum atomic E-state index is 13.2. The van der Waals surface area contributed by atoms with Crippen molar-refractivity contribution in [2.45, 2.75) is 0 Å². The van der Waals surface area contributed by atoms with Crippen LogP contribution in [-0.2, 0) is 4.79 Å². The van der Waals surface area contributed by atoms with Crippen molar-refractivity contribution in [2.24, 2.45) is 0 Å². The fourth-order valence-electron chi connectivity index (χ4n) is 2.34. The van der Waals surface area contributed by atoms with Gasteiger partial charge in [0, 0.05) is 18.3 Å². The van der Waals surface area contributed by atoms with Gasteiger partial charge in [-0.1, -0.05) is 12.1 Å². The summed E-state index contributed by atoms with van der Waals surface area (Å²) in [5, 5.41) is 13.4. The average Bonchev–Trinajstić information content (AvgIpc) is 3.15. The molecule has 26 heavy (non-hydrogen) atoms. The van der Waals surface area contributed by atoms with Gasteiger partial charge in [0.1, 0.15) is 12.1 Å². The van der Waals surface area contributed by atoms with Gasteiger partial charge in [-0.05, 0) is 46.8 Å². The third-order valence-corrected chi connectivity index (χ3v) is 3.54. The van der Waals surface area contributed by atoms with E-state index >= 15 is 0 Å². The van der Waals surface area contributed by atoms with E-state index in [0.717, 1.165) is 0 Å². The maximum Gasteiger partial charge on any atom is 0.254 e. The summed E-state index contributed by atoms with van der Waals surface area (Å²) in [5.41, 5.74) is 1.34. The third kappa shape index (κ3) is 4.07. The van der Waals surface area contributed by atoms with Gasteiger partial charge in [-0.25, -0.2) is 9.07 Å². The minimum absolute atomic E-state index is 0.176. The molecule has 1 aromatic heterocycles. The molecule has 9 heteroatoms. The van der Waals surface area contributed by atoms with E-state index in [1.165, 1.54) is 41.2 Å². The van der Waals surface area contributed by atoms with E-state index in [1.807, 2.05) is 0 Å². The maximum absolute atomic E-state index is 13.2. The molecule has 2 amide bonds. The first-order chi connectivity index (χ1) is 12.5. The molecule has 0 atom stereocenters.